The maximum Gasteiger partial charge on any atom is 0.124 e. The first-order valence-electron chi connectivity index (χ1n) is 8.50. The fraction of sp³-hybridized carbons (Fsp3) is 0.474. The zero-order valence-electron chi connectivity index (χ0n) is 13.7. The van der Waals surface area contributed by atoms with E-state index in [-0.39, 0.29) is 12.7 Å². The van der Waals surface area contributed by atoms with Gasteiger partial charge in [-0.3, -0.25) is 9.29 Å². The van der Waals surface area contributed by atoms with E-state index in [0.29, 0.717) is 13.0 Å². The SMILES string of the molecule is CCOc1ccc2ccccc2c1[C@H](CCF)N1CCNCC1. The molecule has 3 nitrogen and oxygen atoms in total. The largest absolute Gasteiger partial charge is 0.494 e. The molecule has 1 atom stereocenters. The molecule has 23 heavy (non-hydrogen) atoms. The average Bonchev–Trinajstić information content (AvgIpc) is 2.61. The lowest BCUT2D eigenvalue weighted by Crippen LogP contribution is -2.45. The minimum atomic E-state index is -0.316. The molecule has 2 aromatic rings. The van der Waals surface area contributed by atoms with Crippen molar-refractivity contribution >= 4 is 10.8 Å². The van der Waals surface area contributed by atoms with Crippen LogP contribution < -0.4 is 10.1 Å². The predicted octanol–water partition coefficient (Wildman–Crippen LogP) is 3.54. The van der Waals surface area contributed by atoms with Crippen molar-refractivity contribution in [1.82, 2.24) is 10.2 Å². The zero-order valence-corrected chi connectivity index (χ0v) is 13.7. The predicted molar refractivity (Wildman–Crippen MR) is 92.9 cm³/mol. The third-order valence-corrected chi connectivity index (χ3v) is 4.54. The molecule has 124 valence electrons. The van der Waals surface area contributed by atoms with Crippen molar-refractivity contribution in [3.05, 3.63) is 42.0 Å². The summed E-state index contributed by atoms with van der Waals surface area (Å²) in [6, 6.07) is 12.5. The molecule has 0 aliphatic carbocycles. The van der Waals surface area contributed by atoms with Gasteiger partial charge in [-0.05, 0) is 30.2 Å². The maximum atomic E-state index is 13.3. The van der Waals surface area contributed by atoms with E-state index in [1.54, 1.807) is 0 Å². The van der Waals surface area contributed by atoms with E-state index in [2.05, 4.69) is 28.4 Å². The molecule has 0 unspecified atom stereocenters. The summed E-state index contributed by atoms with van der Waals surface area (Å²) in [7, 11) is 0. The number of alkyl halides is 1. The molecular weight excluding hydrogens is 291 g/mol. The standard InChI is InChI=1S/C19H25FN2O/c1-2-23-18-8-7-15-5-3-4-6-16(15)19(18)17(9-10-20)22-13-11-21-12-14-22/h3-8,17,21H,2,9-14H2,1H3/t17-/m0/s1. The summed E-state index contributed by atoms with van der Waals surface area (Å²) in [5.41, 5.74) is 1.14. The highest BCUT2D eigenvalue weighted by Gasteiger charge is 2.26. The molecule has 1 fully saturated rings. The van der Waals surface area contributed by atoms with Crippen molar-refractivity contribution in [2.75, 3.05) is 39.5 Å². The summed E-state index contributed by atoms with van der Waals surface area (Å²) in [6.07, 6.45) is 0.508. The van der Waals surface area contributed by atoms with Crippen LogP contribution >= 0.6 is 0 Å². The molecule has 1 saturated heterocycles. The Morgan fingerprint density at radius 1 is 1.17 bits per heavy atom. The number of nitrogens with one attached hydrogen (secondary N) is 1. The first-order chi connectivity index (χ1) is 11.3. The van der Waals surface area contributed by atoms with Gasteiger partial charge in [0, 0.05) is 37.8 Å². The van der Waals surface area contributed by atoms with Gasteiger partial charge in [0.2, 0.25) is 0 Å². The molecule has 0 bridgehead atoms. The van der Waals surface area contributed by atoms with Crippen LogP contribution in [0.4, 0.5) is 4.39 Å². The van der Waals surface area contributed by atoms with Crippen molar-refractivity contribution in [3.63, 3.8) is 0 Å². The molecular formula is C19H25FN2O. The summed E-state index contributed by atoms with van der Waals surface area (Å²) in [5.74, 6) is 0.892. The first kappa shape index (κ1) is 16.2. The van der Waals surface area contributed by atoms with Crippen LogP contribution in [0.25, 0.3) is 10.8 Å². The number of hydrogen-bond donors (Lipinski definition) is 1. The van der Waals surface area contributed by atoms with E-state index in [0.717, 1.165) is 37.5 Å². The zero-order chi connectivity index (χ0) is 16.1. The first-order valence-corrected chi connectivity index (χ1v) is 8.50. The smallest absolute Gasteiger partial charge is 0.124 e. The highest BCUT2D eigenvalue weighted by molar-refractivity contribution is 5.88. The summed E-state index contributed by atoms with van der Waals surface area (Å²) >= 11 is 0. The number of nitrogens with zero attached hydrogens (tertiary/aromatic N) is 1. The van der Waals surface area contributed by atoms with Crippen LogP contribution in [0.15, 0.2) is 36.4 Å². The number of fused-ring (bicyclic) bond motifs is 1. The Bertz CT molecular complexity index is 640. The van der Waals surface area contributed by atoms with Crippen LogP contribution in [0.1, 0.15) is 24.9 Å². The molecule has 0 aromatic heterocycles. The van der Waals surface area contributed by atoms with Gasteiger partial charge < -0.3 is 10.1 Å². The van der Waals surface area contributed by atoms with Crippen LogP contribution in [0.3, 0.4) is 0 Å². The number of rotatable bonds is 6. The molecule has 1 N–H and O–H groups in total. The lowest BCUT2D eigenvalue weighted by Gasteiger charge is -2.36. The maximum absolute atomic E-state index is 13.3. The minimum absolute atomic E-state index is 0.0646. The van der Waals surface area contributed by atoms with E-state index in [4.69, 9.17) is 4.74 Å². The van der Waals surface area contributed by atoms with Crippen LogP contribution in [-0.4, -0.2) is 44.4 Å². The topological polar surface area (TPSA) is 24.5 Å². The molecule has 1 aliphatic rings. The highest BCUT2D eigenvalue weighted by Crippen LogP contribution is 2.38. The Kier molecular flexibility index (Phi) is 5.47. The number of hydrogen-bond acceptors (Lipinski definition) is 3. The number of benzene rings is 2. The van der Waals surface area contributed by atoms with E-state index in [1.807, 2.05) is 25.1 Å². The second kappa shape index (κ2) is 7.75. The molecule has 0 radical (unpaired) electrons. The molecule has 2 aromatic carbocycles. The Hall–Kier alpha value is -1.65. The van der Waals surface area contributed by atoms with E-state index in [1.165, 1.54) is 10.8 Å². The fourth-order valence-corrected chi connectivity index (χ4v) is 3.51. The molecule has 0 saturated carbocycles. The lowest BCUT2D eigenvalue weighted by atomic mass is 9.94. The van der Waals surface area contributed by atoms with Gasteiger partial charge >= 0.3 is 0 Å². The minimum Gasteiger partial charge on any atom is -0.494 e. The van der Waals surface area contributed by atoms with Crippen LogP contribution in [0.5, 0.6) is 5.75 Å². The normalized spacial score (nSPS) is 17.3. The number of ether oxygens (including phenoxy) is 1. The van der Waals surface area contributed by atoms with Crippen LogP contribution in [0.2, 0.25) is 0 Å². The lowest BCUT2D eigenvalue weighted by molar-refractivity contribution is 0.155. The third kappa shape index (κ3) is 3.48. The Morgan fingerprint density at radius 2 is 1.96 bits per heavy atom. The average molecular weight is 316 g/mol. The van der Waals surface area contributed by atoms with Crippen molar-refractivity contribution in [1.29, 1.82) is 0 Å². The highest BCUT2D eigenvalue weighted by atomic mass is 19.1. The summed E-state index contributed by atoms with van der Waals surface area (Å²) in [5, 5.41) is 5.73. The molecule has 0 spiro atoms. The van der Waals surface area contributed by atoms with Gasteiger partial charge in [0.1, 0.15) is 5.75 Å². The quantitative estimate of drug-likeness (QED) is 0.882. The second-order valence-electron chi connectivity index (χ2n) is 5.91. The summed E-state index contributed by atoms with van der Waals surface area (Å²) in [6.45, 7) is 6.10. The van der Waals surface area contributed by atoms with Crippen molar-refractivity contribution in [2.24, 2.45) is 0 Å². The van der Waals surface area contributed by atoms with Gasteiger partial charge in [-0.25, -0.2) is 0 Å². The van der Waals surface area contributed by atoms with Gasteiger partial charge in [-0.2, -0.15) is 0 Å². The second-order valence-corrected chi connectivity index (χ2v) is 5.91. The molecule has 3 rings (SSSR count). The summed E-state index contributed by atoms with van der Waals surface area (Å²) in [4.78, 5) is 2.39. The number of piperazine rings is 1. The van der Waals surface area contributed by atoms with Gasteiger partial charge in [0.15, 0.2) is 0 Å². The van der Waals surface area contributed by atoms with E-state index in [9.17, 15) is 4.39 Å². The molecule has 0 amide bonds. The van der Waals surface area contributed by atoms with Gasteiger partial charge in [-0.15, -0.1) is 0 Å². The Morgan fingerprint density at radius 3 is 2.70 bits per heavy atom. The molecule has 1 aliphatic heterocycles. The Labute approximate surface area is 137 Å². The van der Waals surface area contributed by atoms with Crippen LogP contribution in [0, 0.1) is 0 Å². The third-order valence-electron chi connectivity index (χ3n) is 4.54. The molecule has 4 heteroatoms. The van der Waals surface area contributed by atoms with Crippen molar-refractivity contribution < 1.29 is 9.13 Å². The van der Waals surface area contributed by atoms with Crippen LogP contribution in [-0.2, 0) is 0 Å². The fourth-order valence-electron chi connectivity index (χ4n) is 3.51. The van der Waals surface area contributed by atoms with Gasteiger partial charge in [0.25, 0.3) is 0 Å². The van der Waals surface area contributed by atoms with Gasteiger partial charge in [-0.1, -0.05) is 30.3 Å². The van der Waals surface area contributed by atoms with E-state index >= 15 is 0 Å². The van der Waals surface area contributed by atoms with Gasteiger partial charge in [0.05, 0.1) is 13.3 Å². The monoisotopic (exact) mass is 316 g/mol. The van der Waals surface area contributed by atoms with Crippen molar-refractivity contribution in [3.8, 4) is 5.75 Å². The van der Waals surface area contributed by atoms with E-state index < -0.39 is 0 Å². The van der Waals surface area contributed by atoms with Crippen molar-refractivity contribution in [2.45, 2.75) is 19.4 Å². The Balaban J connectivity index is 2.10. The number of halogens is 1. The molecule has 1 heterocycles. The summed E-state index contributed by atoms with van der Waals surface area (Å²) < 4.78 is 19.2.